The zero-order valence-electron chi connectivity index (χ0n) is 10.1. The van der Waals surface area contributed by atoms with E-state index in [9.17, 15) is 13.2 Å². The molecule has 0 saturated heterocycles. The van der Waals surface area contributed by atoms with Crippen molar-refractivity contribution in [3.05, 3.63) is 69.2 Å². The molecular formula is C14H10Cl2F3N. The third-order valence-electron chi connectivity index (χ3n) is 2.89. The number of hydrogen-bond donors (Lipinski definition) is 1. The third kappa shape index (κ3) is 3.26. The fourth-order valence-corrected chi connectivity index (χ4v) is 2.24. The van der Waals surface area contributed by atoms with E-state index in [4.69, 9.17) is 28.9 Å². The Morgan fingerprint density at radius 3 is 1.95 bits per heavy atom. The predicted molar refractivity (Wildman–Crippen MR) is 73.9 cm³/mol. The van der Waals surface area contributed by atoms with Gasteiger partial charge in [-0.3, -0.25) is 0 Å². The smallest absolute Gasteiger partial charge is 0.320 e. The summed E-state index contributed by atoms with van der Waals surface area (Å²) in [6, 6.07) is 9.72. The van der Waals surface area contributed by atoms with Gasteiger partial charge in [-0.15, -0.1) is 0 Å². The first-order valence-corrected chi connectivity index (χ1v) is 6.42. The van der Waals surface area contributed by atoms with Crippen molar-refractivity contribution in [3.63, 3.8) is 0 Å². The van der Waals surface area contributed by atoms with Crippen LogP contribution in [0.2, 0.25) is 10.0 Å². The molecule has 0 fully saturated rings. The molecule has 1 nitrogen and oxygen atoms in total. The molecule has 0 bridgehead atoms. The highest BCUT2D eigenvalue weighted by Gasteiger charge is 2.33. The van der Waals surface area contributed by atoms with Crippen molar-refractivity contribution in [1.29, 1.82) is 0 Å². The summed E-state index contributed by atoms with van der Waals surface area (Å²) < 4.78 is 37.9. The summed E-state index contributed by atoms with van der Waals surface area (Å²) in [5.41, 5.74) is 6.39. The van der Waals surface area contributed by atoms with Crippen molar-refractivity contribution in [1.82, 2.24) is 0 Å². The molecule has 2 aromatic rings. The molecule has 2 aromatic carbocycles. The van der Waals surface area contributed by atoms with E-state index in [2.05, 4.69) is 0 Å². The lowest BCUT2D eigenvalue weighted by Crippen LogP contribution is -2.13. The van der Waals surface area contributed by atoms with E-state index < -0.39 is 17.8 Å². The number of nitrogens with two attached hydrogens (primary N) is 1. The molecule has 0 spiro atoms. The maximum Gasteiger partial charge on any atom is 0.417 e. The Morgan fingerprint density at radius 1 is 0.900 bits per heavy atom. The molecule has 0 aliphatic rings. The van der Waals surface area contributed by atoms with E-state index in [1.54, 1.807) is 24.3 Å². The average molecular weight is 320 g/mol. The standard InChI is InChI=1S/C14H10Cl2F3N/c15-10-4-1-8(2-5-10)13(20)9-3-6-11(12(16)7-9)14(17,18)19/h1-7,13H,20H2/t13-/m0/s1. The first kappa shape index (κ1) is 15.2. The van der Waals surface area contributed by atoms with E-state index in [0.29, 0.717) is 10.6 Å². The number of halogens is 5. The van der Waals surface area contributed by atoms with Gasteiger partial charge >= 0.3 is 6.18 Å². The second kappa shape index (κ2) is 5.64. The van der Waals surface area contributed by atoms with Crippen molar-refractivity contribution in [2.75, 3.05) is 0 Å². The van der Waals surface area contributed by atoms with Crippen molar-refractivity contribution in [2.24, 2.45) is 5.73 Å². The first-order valence-electron chi connectivity index (χ1n) is 5.66. The molecule has 1 atom stereocenters. The number of alkyl halides is 3. The van der Waals surface area contributed by atoms with Gasteiger partial charge in [-0.05, 0) is 35.4 Å². The predicted octanol–water partition coefficient (Wildman–Crippen LogP) is 5.06. The summed E-state index contributed by atoms with van der Waals surface area (Å²) >= 11 is 11.4. The topological polar surface area (TPSA) is 26.0 Å². The minimum atomic E-state index is -4.47. The third-order valence-corrected chi connectivity index (χ3v) is 3.45. The van der Waals surface area contributed by atoms with Gasteiger partial charge in [-0.2, -0.15) is 13.2 Å². The van der Waals surface area contributed by atoms with Gasteiger partial charge in [-0.25, -0.2) is 0 Å². The van der Waals surface area contributed by atoms with E-state index >= 15 is 0 Å². The molecule has 0 saturated carbocycles. The molecule has 6 heteroatoms. The van der Waals surface area contributed by atoms with Gasteiger partial charge in [0.1, 0.15) is 0 Å². The fourth-order valence-electron chi connectivity index (χ4n) is 1.82. The molecule has 106 valence electrons. The quantitative estimate of drug-likeness (QED) is 0.822. The number of hydrogen-bond acceptors (Lipinski definition) is 1. The minimum Gasteiger partial charge on any atom is -0.320 e. The molecule has 2 N–H and O–H groups in total. The lowest BCUT2D eigenvalue weighted by Gasteiger charge is -2.15. The molecular weight excluding hydrogens is 310 g/mol. The Bertz CT molecular complexity index is 609. The second-order valence-electron chi connectivity index (χ2n) is 4.27. The van der Waals surface area contributed by atoms with Crippen LogP contribution < -0.4 is 5.73 Å². The molecule has 0 heterocycles. The molecule has 0 amide bonds. The summed E-state index contributed by atoms with van der Waals surface area (Å²) in [7, 11) is 0. The molecule has 20 heavy (non-hydrogen) atoms. The van der Waals surface area contributed by atoms with Gasteiger partial charge in [0.25, 0.3) is 0 Å². The average Bonchev–Trinajstić information content (AvgIpc) is 2.37. The fraction of sp³-hybridized carbons (Fsp3) is 0.143. The minimum absolute atomic E-state index is 0.362. The lowest BCUT2D eigenvalue weighted by molar-refractivity contribution is -0.137. The van der Waals surface area contributed by atoms with Crippen LogP contribution in [0.25, 0.3) is 0 Å². The van der Waals surface area contributed by atoms with Crippen LogP contribution in [-0.4, -0.2) is 0 Å². The van der Waals surface area contributed by atoms with Crippen LogP contribution in [0.4, 0.5) is 13.2 Å². The van der Waals surface area contributed by atoms with Crippen molar-refractivity contribution < 1.29 is 13.2 Å². The molecule has 0 radical (unpaired) electrons. The first-order chi connectivity index (χ1) is 9.29. The number of benzene rings is 2. The van der Waals surface area contributed by atoms with Gasteiger partial charge in [0, 0.05) is 5.02 Å². The zero-order valence-corrected chi connectivity index (χ0v) is 11.6. The summed E-state index contributed by atoms with van der Waals surface area (Å²) in [6.07, 6.45) is -4.47. The van der Waals surface area contributed by atoms with Gasteiger partial charge in [0.15, 0.2) is 0 Å². The van der Waals surface area contributed by atoms with Gasteiger partial charge in [-0.1, -0.05) is 41.4 Å². The van der Waals surface area contributed by atoms with Gasteiger partial charge < -0.3 is 5.73 Å². The second-order valence-corrected chi connectivity index (χ2v) is 5.11. The van der Waals surface area contributed by atoms with E-state index in [0.717, 1.165) is 11.6 Å². The zero-order chi connectivity index (χ0) is 14.9. The summed E-state index contributed by atoms with van der Waals surface area (Å²) in [4.78, 5) is 0. The lowest BCUT2D eigenvalue weighted by atomic mass is 9.98. The maximum atomic E-state index is 12.6. The van der Waals surface area contributed by atoms with Crippen LogP contribution in [0.5, 0.6) is 0 Å². The molecule has 2 rings (SSSR count). The van der Waals surface area contributed by atoms with Crippen molar-refractivity contribution in [2.45, 2.75) is 12.2 Å². The van der Waals surface area contributed by atoms with E-state index in [1.165, 1.54) is 12.1 Å². The highest BCUT2D eigenvalue weighted by atomic mass is 35.5. The summed E-state index contributed by atoms with van der Waals surface area (Å²) in [6.45, 7) is 0. The Kier molecular flexibility index (Phi) is 4.28. The Labute approximate surface area is 124 Å². The van der Waals surface area contributed by atoms with Crippen LogP contribution >= 0.6 is 23.2 Å². The Morgan fingerprint density at radius 2 is 1.45 bits per heavy atom. The maximum absolute atomic E-state index is 12.6. The molecule has 0 unspecified atom stereocenters. The highest BCUT2D eigenvalue weighted by Crippen LogP contribution is 2.36. The summed E-state index contributed by atoms with van der Waals surface area (Å²) in [5.74, 6) is 0. The van der Waals surface area contributed by atoms with Gasteiger partial charge in [0.2, 0.25) is 0 Å². The van der Waals surface area contributed by atoms with Gasteiger partial charge in [0.05, 0.1) is 16.6 Å². The van der Waals surface area contributed by atoms with Crippen molar-refractivity contribution >= 4 is 23.2 Å². The highest BCUT2D eigenvalue weighted by molar-refractivity contribution is 6.31. The van der Waals surface area contributed by atoms with Crippen LogP contribution in [0.3, 0.4) is 0 Å². The molecule has 0 aliphatic heterocycles. The Hall–Kier alpha value is -1.23. The van der Waals surface area contributed by atoms with E-state index in [1.807, 2.05) is 0 Å². The van der Waals surface area contributed by atoms with Crippen molar-refractivity contribution in [3.8, 4) is 0 Å². The molecule has 0 aliphatic carbocycles. The normalized spacial score (nSPS) is 13.3. The SMILES string of the molecule is N[C@@H](c1ccc(Cl)cc1)c1ccc(C(F)(F)F)c(Cl)c1. The van der Waals surface area contributed by atoms with Crippen LogP contribution in [0.1, 0.15) is 22.7 Å². The Balaban J connectivity index is 2.34. The van der Waals surface area contributed by atoms with Crippen LogP contribution in [-0.2, 0) is 6.18 Å². The largest absolute Gasteiger partial charge is 0.417 e. The molecule has 0 aromatic heterocycles. The van der Waals surface area contributed by atoms with Crippen LogP contribution in [0.15, 0.2) is 42.5 Å². The van der Waals surface area contributed by atoms with Crippen LogP contribution in [0, 0.1) is 0 Å². The number of rotatable bonds is 2. The van der Waals surface area contributed by atoms with E-state index in [-0.39, 0.29) is 5.02 Å². The monoisotopic (exact) mass is 319 g/mol. The summed E-state index contributed by atoms with van der Waals surface area (Å²) in [5, 5.41) is 0.200.